The highest BCUT2D eigenvalue weighted by Crippen LogP contribution is 2.39. The normalized spacial score (nSPS) is 27.3. The molecule has 2 saturated heterocycles. The molecule has 15 heavy (non-hydrogen) atoms. The summed E-state index contributed by atoms with van der Waals surface area (Å²) in [4.78, 5) is 0. The molecular formula is C10H20N2O2S. The number of piperidine rings is 1. The summed E-state index contributed by atoms with van der Waals surface area (Å²) < 4.78 is 25.2. The van der Waals surface area contributed by atoms with Crippen molar-refractivity contribution in [2.75, 3.05) is 31.9 Å². The third-order valence-electron chi connectivity index (χ3n) is 3.83. The third-order valence-corrected chi connectivity index (χ3v) is 5.65. The summed E-state index contributed by atoms with van der Waals surface area (Å²) in [6, 6.07) is 0. The van der Waals surface area contributed by atoms with E-state index in [1.807, 2.05) is 0 Å². The van der Waals surface area contributed by atoms with Crippen LogP contribution in [0.15, 0.2) is 0 Å². The second kappa shape index (κ2) is 4.03. The van der Waals surface area contributed by atoms with E-state index in [1.165, 1.54) is 0 Å². The lowest BCUT2D eigenvalue weighted by Gasteiger charge is -2.33. The van der Waals surface area contributed by atoms with Gasteiger partial charge in [-0.2, -0.15) is 0 Å². The Bertz CT molecular complexity index is 320. The number of sulfonamides is 1. The third kappa shape index (κ3) is 2.19. The van der Waals surface area contributed by atoms with Gasteiger partial charge in [-0.3, -0.25) is 0 Å². The molecule has 4 nitrogen and oxygen atoms in total. The molecule has 2 aliphatic heterocycles. The maximum atomic E-state index is 11.7. The minimum atomic E-state index is -2.96. The van der Waals surface area contributed by atoms with Crippen LogP contribution in [0, 0.1) is 5.41 Å². The van der Waals surface area contributed by atoms with Crippen molar-refractivity contribution < 1.29 is 8.42 Å². The van der Waals surface area contributed by atoms with Crippen LogP contribution in [-0.4, -0.2) is 44.7 Å². The predicted octanol–water partition coefficient (Wildman–Crippen LogP) is 0.412. The van der Waals surface area contributed by atoms with Crippen molar-refractivity contribution in [3.05, 3.63) is 0 Å². The molecule has 2 aliphatic rings. The Balaban J connectivity index is 2.05. The van der Waals surface area contributed by atoms with Crippen LogP contribution in [0.1, 0.15) is 26.2 Å². The summed E-state index contributed by atoms with van der Waals surface area (Å²) in [5.41, 5.74) is 0.285. The smallest absolute Gasteiger partial charge is 0.213 e. The van der Waals surface area contributed by atoms with E-state index in [1.54, 1.807) is 11.2 Å². The number of hydrogen-bond donors (Lipinski definition) is 1. The molecule has 0 unspecified atom stereocenters. The van der Waals surface area contributed by atoms with Crippen LogP contribution in [0.3, 0.4) is 0 Å². The molecule has 0 aromatic heterocycles. The van der Waals surface area contributed by atoms with Crippen LogP contribution in [0.4, 0.5) is 0 Å². The molecule has 88 valence electrons. The molecule has 0 aromatic rings. The summed E-state index contributed by atoms with van der Waals surface area (Å²) in [5.74, 6) is 0.237. The highest BCUT2D eigenvalue weighted by atomic mass is 32.2. The fraction of sp³-hybridized carbons (Fsp3) is 1.00. The van der Waals surface area contributed by atoms with E-state index in [4.69, 9.17) is 0 Å². The van der Waals surface area contributed by atoms with Gasteiger partial charge in [0.25, 0.3) is 0 Å². The van der Waals surface area contributed by atoms with Crippen molar-refractivity contribution in [3.63, 3.8) is 0 Å². The van der Waals surface area contributed by atoms with Gasteiger partial charge < -0.3 is 5.32 Å². The maximum Gasteiger partial charge on any atom is 0.213 e. The Morgan fingerprint density at radius 1 is 1.27 bits per heavy atom. The molecule has 5 heteroatoms. The van der Waals surface area contributed by atoms with Gasteiger partial charge in [0.2, 0.25) is 10.0 Å². The first-order valence-electron chi connectivity index (χ1n) is 5.77. The van der Waals surface area contributed by atoms with Crippen LogP contribution >= 0.6 is 0 Å². The predicted molar refractivity (Wildman–Crippen MR) is 60.2 cm³/mol. The van der Waals surface area contributed by atoms with Gasteiger partial charge in [-0.1, -0.05) is 0 Å². The summed E-state index contributed by atoms with van der Waals surface area (Å²) in [5, 5.41) is 3.34. The van der Waals surface area contributed by atoms with Crippen molar-refractivity contribution in [2.45, 2.75) is 26.2 Å². The zero-order valence-electron chi connectivity index (χ0n) is 9.33. The minimum Gasteiger partial charge on any atom is -0.317 e. The minimum absolute atomic E-state index is 0.237. The van der Waals surface area contributed by atoms with Gasteiger partial charge in [0.1, 0.15) is 0 Å². The Kier molecular flexibility index (Phi) is 3.05. The van der Waals surface area contributed by atoms with Gasteiger partial charge in [0, 0.05) is 13.1 Å². The molecule has 0 aliphatic carbocycles. The Labute approximate surface area is 92.1 Å². The molecule has 0 radical (unpaired) electrons. The second-order valence-electron chi connectivity index (χ2n) is 4.73. The maximum absolute atomic E-state index is 11.7. The highest BCUT2D eigenvalue weighted by molar-refractivity contribution is 7.89. The van der Waals surface area contributed by atoms with Crippen molar-refractivity contribution in [3.8, 4) is 0 Å². The van der Waals surface area contributed by atoms with Crippen LogP contribution in [0.2, 0.25) is 0 Å². The number of nitrogens with one attached hydrogen (secondary N) is 1. The van der Waals surface area contributed by atoms with Crippen molar-refractivity contribution in [1.82, 2.24) is 9.62 Å². The molecule has 0 saturated carbocycles. The molecule has 1 spiro atoms. The molecular weight excluding hydrogens is 212 g/mol. The van der Waals surface area contributed by atoms with Gasteiger partial charge in [0.05, 0.1) is 5.75 Å². The average molecular weight is 232 g/mol. The van der Waals surface area contributed by atoms with Gasteiger partial charge >= 0.3 is 0 Å². The van der Waals surface area contributed by atoms with E-state index in [2.05, 4.69) is 5.32 Å². The molecule has 2 heterocycles. The average Bonchev–Trinajstić information content (AvgIpc) is 2.64. The van der Waals surface area contributed by atoms with E-state index in [9.17, 15) is 8.42 Å². The Hall–Kier alpha value is -0.130. The summed E-state index contributed by atoms with van der Waals surface area (Å²) in [6.07, 6.45) is 3.30. The van der Waals surface area contributed by atoms with Gasteiger partial charge in [-0.05, 0) is 44.7 Å². The summed E-state index contributed by atoms with van der Waals surface area (Å²) in [7, 11) is -2.96. The Morgan fingerprint density at radius 3 is 2.53 bits per heavy atom. The van der Waals surface area contributed by atoms with Gasteiger partial charge in [-0.15, -0.1) is 0 Å². The molecule has 1 N–H and O–H groups in total. The van der Waals surface area contributed by atoms with Crippen molar-refractivity contribution in [2.24, 2.45) is 5.41 Å². The molecule has 2 rings (SSSR count). The number of nitrogens with zero attached hydrogens (tertiary/aromatic N) is 1. The van der Waals surface area contributed by atoms with E-state index >= 15 is 0 Å². The Morgan fingerprint density at radius 2 is 1.93 bits per heavy atom. The summed E-state index contributed by atoms with van der Waals surface area (Å²) in [6.45, 7) is 5.30. The highest BCUT2D eigenvalue weighted by Gasteiger charge is 2.42. The SMILES string of the molecule is CCS(=O)(=O)N1CCC2(CCNCC2)C1. The van der Waals surface area contributed by atoms with E-state index in [0.717, 1.165) is 45.4 Å². The van der Waals surface area contributed by atoms with Crippen LogP contribution in [-0.2, 0) is 10.0 Å². The van der Waals surface area contributed by atoms with Crippen LogP contribution in [0.5, 0.6) is 0 Å². The molecule has 0 bridgehead atoms. The van der Waals surface area contributed by atoms with E-state index in [-0.39, 0.29) is 11.2 Å². The lowest BCUT2D eigenvalue weighted by atomic mass is 9.78. The van der Waals surface area contributed by atoms with Crippen molar-refractivity contribution in [1.29, 1.82) is 0 Å². The van der Waals surface area contributed by atoms with E-state index in [0.29, 0.717) is 0 Å². The largest absolute Gasteiger partial charge is 0.317 e. The zero-order chi connectivity index (χ0) is 10.9. The fourth-order valence-corrected chi connectivity index (χ4v) is 3.88. The van der Waals surface area contributed by atoms with Gasteiger partial charge in [0.15, 0.2) is 0 Å². The molecule has 2 fully saturated rings. The first-order chi connectivity index (χ1) is 7.08. The van der Waals surface area contributed by atoms with Crippen LogP contribution in [0.25, 0.3) is 0 Å². The van der Waals surface area contributed by atoms with Crippen molar-refractivity contribution >= 4 is 10.0 Å². The van der Waals surface area contributed by atoms with Crippen LogP contribution < -0.4 is 5.32 Å². The first-order valence-corrected chi connectivity index (χ1v) is 7.37. The molecule has 0 aromatic carbocycles. The second-order valence-corrected chi connectivity index (χ2v) is 6.99. The summed E-state index contributed by atoms with van der Waals surface area (Å²) >= 11 is 0. The molecule has 0 atom stereocenters. The lowest BCUT2D eigenvalue weighted by Crippen LogP contribution is -2.40. The lowest BCUT2D eigenvalue weighted by molar-refractivity contribution is 0.218. The zero-order valence-corrected chi connectivity index (χ0v) is 10.1. The standard InChI is InChI=1S/C10H20N2O2S/c1-2-15(13,14)12-8-5-10(9-12)3-6-11-7-4-10/h11H,2-9H2,1H3. The van der Waals surface area contributed by atoms with E-state index < -0.39 is 10.0 Å². The van der Waals surface area contributed by atoms with Gasteiger partial charge in [-0.25, -0.2) is 12.7 Å². The monoisotopic (exact) mass is 232 g/mol. The quantitative estimate of drug-likeness (QED) is 0.750. The number of rotatable bonds is 2. The number of hydrogen-bond acceptors (Lipinski definition) is 3. The fourth-order valence-electron chi connectivity index (χ4n) is 2.68. The first kappa shape index (κ1) is 11.4. The molecule has 0 amide bonds. The topological polar surface area (TPSA) is 49.4 Å².